The number of hydrogen-bond donors (Lipinski definition) is 0. The van der Waals surface area contributed by atoms with E-state index in [-0.39, 0.29) is 12.6 Å². The Kier molecular flexibility index (Phi) is 4.86. The van der Waals surface area contributed by atoms with Crippen LogP contribution in [0.15, 0.2) is 0 Å². The van der Waals surface area contributed by atoms with E-state index in [0.29, 0.717) is 6.42 Å². The molecule has 0 atom stereocenters. The fourth-order valence-electron chi connectivity index (χ4n) is 1.79. The van der Waals surface area contributed by atoms with E-state index >= 15 is 0 Å². The maximum absolute atomic E-state index is 5.56. The minimum atomic E-state index is -0.143. The van der Waals surface area contributed by atoms with Gasteiger partial charge in [0.25, 0.3) is 0 Å². The highest BCUT2D eigenvalue weighted by Crippen LogP contribution is 2.16. The molecule has 0 amide bonds. The van der Waals surface area contributed by atoms with Crippen molar-refractivity contribution in [2.75, 3.05) is 26.4 Å². The van der Waals surface area contributed by atoms with Gasteiger partial charge in [0.15, 0.2) is 12.6 Å². The molecule has 0 aliphatic carbocycles. The van der Waals surface area contributed by atoms with Crippen molar-refractivity contribution < 1.29 is 18.9 Å². The van der Waals surface area contributed by atoms with Crippen LogP contribution in [0.3, 0.4) is 0 Å². The minimum absolute atomic E-state index is 0.143. The standard InChI is InChI=1S/C11H20O4/c1-2-6-13-10(12-5-1)9-11-14-7-3-4-8-15-11/h10-11H,1-9H2. The van der Waals surface area contributed by atoms with Gasteiger partial charge < -0.3 is 18.9 Å². The molecule has 2 saturated heterocycles. The SMILES string of the molecule is C1CCOC(CC2OCCCCO2)OC1. The zero-order valence-corrected chi connectivity index (χ0v) is 9.15. The molecule has 15 heavy (non-hydrogen) atoms. The van der Waals surface area contributed by atoms with E-state index in [1.54, 1.807) is 0 Å². The van der Waals surface area contributed by atoms with E-state index in [2.05, 4.69) is 0 Å². The summed E-state index contributed by atoms with van der Waals surface area (Å²) in [6.07, 6.45) is 4.75. The predicted molar refractivity (Wildman–Crippen MR) is 54.5 cm³/mol. The summed E-state index contributed by atoms with van der Waals surface area (Å²) in [5.74, 6) is 0. The molecule has 0 aromatic carbocycles. The molecule has 0 radical (unpaired) electrons. The van der Waals surface area contributed by atoms with Gasteiger partial charge in [0, 0.05) is 32.8 Å². The average molecular weight is 216 g/mol. The van der Waals surface area contributed by atoms with Crippen LogP contribution in [0.5, 0.6) is 0 Å². The van der Waals surface area contributed by atoms with E-state index in [0.717, 1.165) is 52.1 Å². The fourth-order valence-corrected chi connectivity index (χ4v) is 1.79. The van der Waals surface area contributed by atoms with Gasteiger partial charge in [-0.25, -0.2) is 0 Å². The molecule has 2 rings (SSSR count). The van der Waals surface area contributed by atoms with Gasteiger partial charge in [-0.15, -0.1) is 0 Å². The van der Waals surface area contributed by atoms with Crippen molar-refractivity contribution in [3.63, 3.8) is 0 Å². The van der Waals surface area contributed by atoms with E-state index < -0.39 is 0 Å². The molecule has 0 bridgehead atoms. The lowest BCUT2D eigenvalue weighted by Crippen LogP contribution is -2.26. The third kappa shape index (κ3) is 4.07. The molecular weight excluding hydrogens is 196 g/mol. The van der Waals surface area contributed by atoms with Gasteiger partial charge in [-0.2, -0.15) is 0 Å². The summed E-state index contributed by atoms with van der Waals surface area (Å²) in [5.41, 5.74) is 0. The van der Waals surface area contributed by atoms with Crippen molar-refractivity contribution in [3.05, 3.63) is 0 Å². The molecule has 2 heterocycles. The highest BCUT2D eigenvalue weighted by atomic mass is 16.7. The molecule has 2 aliphatic heterocycles. The van der Waals surface area contributed by atoms with Gasteiger partial charge in [0.05, 0.1) is 0 Å². The quantitative estimate of drug-likeness (QED) is 0.703. The zero-order chi connectivity index (χ0) is 10.3. The van der Waals surface area contributed by atoms with Crippen LogP contribution >= 0.6 is 0 Å². The smallest absolute Gasteiger partial charge is 0.162 e. The number of ether oxygens (including phenoxy) is 4. The van der Waals surface area contributed by atoms with E-state index in [9.17, 15) is 0 Å². The fraction of sp³-hybridized carbons (Fsp3) is 1.00. The topological polar surface area (TPSA) is 36.9 Å². The largest absolute Gasteiger partial charge is 0.352 e. The van der Waals surface area contributed by atoms with Crippen molar-refractivity contribution in [2.45, 2.75) is 44.7 Å². The van der Waals surface area contributed by atoms with Crippen molar-refractivity contribution in [1.82, 2.24) is 0 Å². The Morgan fingerprint density at radius 2 is 0.933 bits per heavy atom. The molecule has 0 spiro atoms. The number of hydrogen-bond acceptors (Lipinski definition) is 4. The third-order valence-electron chi connectivity index (χ3n) is 2.68. The Morgan fingerprint density at radius 1 is 0.600 bits per heavy atom. The Labute approximate surface area is 90.8 Å². The van der Waals surface area contributed by atoms with Gasteiger partial charge in [0.2, 0.25) is 0 Å². The first-order valence-electron chi connectivity index (χ1n) is 5.91. The Balaban J connectivity index is 1.73. The summed E-state index contributed by atoms with van der Waals surface area (Å²) in [7, 11) is 0. The summed E-state index contributed by atoms with van der Waals surface area (Å²) in [6.45, 7) is 3.16. The normalized spacial score (nSPS) is 27.2. The minimum Gasteiger partial charge on any atom is -0.352 e. The molecule has 0 aromatic rings. The van der Waals surface area contributed by atoms with Crippen molar-refractivity contribution in [2.24, 2.45) is 0 Å². The third-order valence-corrected chi connectivity index (χ3v) is 2.68. The Bertz CT molecular complexity index is 140. The van der Waals surface area contributed by atoms with Crippen LogP contribution in [0.4, 0.5) is 0 Å². The van der Waals surface area contributed by atoms with Gasteiger partial charge in [0.1, 0.15) is 0 Å². The Hall–Kier alpha value is -0.160. The van der Waals surface area contributed by atoms with Crippen LogP contribution in [0, 0.1) is 0 Å². The zero-order valence-electron chi connectivity index (χ0n) is 9.15. The van der Waals surface area contributed by atoms with Gasteiger partial charge in [-0.3, -0.25) is 0 Å². The molecule has 0 saturated carbocycles. The van der Waals surface area contributed by atoms with Crippen LogP contribution < -0.4 is 0 Å². The van der Waals surface area contributed by atoms with Crippen LogP contribution in [0.2, 0.25) is 0 Å². The summed E-state index contributed by atoms with van der Waals surface area (Å²) >= 11 is 0. The van der Waals surface area contributed by atoms with E-state index in [4.69, 9.17) is 18.9 Å². The van der Waals surface area contributed by atoms with Crippen LogP contribution in [-0.2, 0) is 18.9 Å². The van der Waals surface area contributed by atoms with Gasteiger partial charge in [-0.05, 0) is 25.7 Å². The van der Waals surface area contributed by atoms with Crippen LogP contribution in [0.1, 0.15) is 32.1 Å². The summed E-state index contributed by atoms with van der Waals surface area (Å²) in [4.78, 5) is 0. The molecule has 0 N–H and O–H groups in total. The maximum atomic E-state index is 5.56. The molecule has 4 nitrogen and oxygen atoms in total. The molecule has 4 heteroatoms. The first kappa shape index (κ1) is 11.3. The second-order valence-corrected chi connectivity index (χ2v) is 3.99. The van der Waals surface area contributed by atoms with Crippen LogP contribution in [-0.4, -0.2) is 39.0 Å². The first-order valence-corrected chi connectivity index (χ1v) is 5.91. The molecule has 0 aromatic heterocycles. The summed E-state index contributed by atoms with van der Waals surface area (Å²) < 4.78 is 22.3. The second kappa shape index (κ2) is 6.43. The first-order chi connectivity index (χ1) is 7.45. The van der Waals surface area contributed by atoms with Gasteiger partial charge >= 0.3 is 0 Å². The maximum Gasteiger partial charge on any atom is 0.162 e. The monoisotopic (exact) mass is 216 g/mol. The van der Waals surface area contributed by atoms with E-state index in [1.165, 1.54) is 0 Å². The molecule has 2 aliphatic rings. The Morgan fingerprint density at radius 3 is 1.27 bits per heavy atom. The molecule has 88 valence electrons. The summed E-state index contributed by atoms with van der Waals surface area (Å²) in [5, 5.41) is 0. The molecular formula is C11H20O4. The molecule has 0 unspecified atom stereocenters. The molecule has 2 fully saturated rings. The summed E-state index contributed by atoms with van der Waals surface area (Å²) in [6, 6.07) is 0. The lowest BCUT2D eigenvalue weighted by Gasteiger charge is -2.21. The van der Waals surface area contributed by atoms with E-state index in [1.807, 2.05) is 0 Å². The lowest BCUT2D eigenvalue weighted by atomic mass is 10.3. The lowest BCUT2D eigenvalue weighted by molar-refractivity contribution is -0.199. The van der Waals surface area contributed by atoms with Crippen molar-refractivity contribution in [3.8, 4) is 0 Å². The second-order valence-electron chi connectivity index (χ2n) is 3.99. The highest BCUT2D eigenvalue weighted by Gasteiger charge is 2.21. The highest BCUT2D eigenvalue weighted by molar-refractivity contribution is 4.57. The number of rotatable bonds is 2. The average Bonchev–Trinajstić information content (AvgIpc) is 2.63. The van der Waals surface area contributed by atoms with Crippen LogP contribution in [0.25, 0.3) is 0 Å². The predicted octanol–water partition coefficient (Wildman–Crippen LogP) is 1.68. The van der Waals surface area contributed by atoms with Crippen molar-refractivity contribution >= 4 is 0 Å². The van der Waals surface area contributed by atoms with Gasteiger partial charge in [-0.1, -0.05) is 0 Å². The van der Waals surface area contributed by atoms with Crippen molar-refractivity contribution in [1.29, 1.82) is 0 Å².